The number of carbonyl (C=O) groups is 1. The van der Waals surface area contributed by atoms with Crippen molar-refractivity contribution < 1.29 is 19.0 Å². The fourth-order valence-corrected chi connectivity index (χ4v) is 3.34. The van der Waals surface area contributed by atoms with E-state index in [0.717, 1.165) is 23.5 Å². The zero-order valence-corrected chi connectivity index (χ0v) is 18.2. The van der Waals surface area contributed by atoms with Crippen molar-refractivity contribution in [3.8, 4) is 17.2 Å². The van der Waals surface area contributed by atoms with Crippen LogP contribution in [0.25, 0.3) is 0 Å². The second kappa shape index (κ2) is 10.6. The lowest BCUT2D eigenvalue weighted by Crippen LogP contribution is -2.30. The van der Waals surface area contributed by atoms with Crippen LogP contribution >= 0.6 is 0 Å². The Labute approximate surface area is 173 Å². The highest BCUT2D eigenvalue weighted by molar-refractivity contribution is 5.91. The number of hydrogen-bond donors (Lipinski definition) is 1. The van der Waals surface area contributed by atoms with Crippen LogP contribution in [-0.2, 0) is 11.2 Å². The Kier molecular flexibility index (Phi) is 8.19. The molecule has 158 valence electrons. The number of aryl methyl sites for hydroxylation is 1. The average Bonchev–Trinajstić information content (AvgIpc) is 2.72. The normalized spacial score (nSPS) is 10.6. The Bertz CT molecular complexity index is 778. The predicted molar refractivity (Wildman–Crippen MR) is 118 cm³/mol. The van der Waals surface area contributed by atoms with E-state index in [-0.39, 0.29) is 5.91 Å². The lowest BCUT2D eigenvalue weighted by Gasteiger charge is -2.27. The molecule has 1 amide bonds. The Morgan fingerprint density at radius 3 is 2.03 bits per heavy atom. The van der Waals surface area contributed by atoms with E-state index >= 15 is 0 Å². The molecule has 0 atom stereocenters. The Morgan fingerprint density at radius 1 is 1.00 bits per heavy atom. The molecular formula is C23H32N2O4. The summed E-state index contributed by atoms with van der Waals surface area (Å²) in [6.07, 6.45) is 0.922. The maximum atomic E-state index is 12.4. The summed E-state index contributed by atoms with van der Waals surface area (Å²) in [4.78, 5) is 14.7. The molecule has 1 N–H and O–H groups in total. The van der Waals surface area contributed by atoms with Crippen LogP contribution in [0.3, 0.4) is 0 Å². The molecule has 2 aromatic rings. The second-order valence-corrected chi connectivity index (χ2v) is 7.01. The molecular weight excluding hydrogens is 368 g/mol. The number of amides is 1. The summed E-state index contributed by atoms with van der Waals surface area (Å²) >= 11 is 0. The Balaban J connectivity index is 2.00. The molecule has 0 aliphatic carbocycles. The van der Waals surface area contributed by atoms with Gasteiger partial charge < -0.3 is 24.4 Å². The lowest BCUT2D eigenvalue weighted by molar-refractivity contribution is -0.116. The van der Waals surface area contributed by atoms with Crippen LogP contribution in [0.4, 0.5) is 11.4 Å². The third-order valence-corrected chi connectivity index (χ3v) is 4.81. The van der Waals surface area contributed by atoms with Crippen molar-refractivity contribution in [1.29, 1.82) is 0 Å². The van der Waals surface area contributed by atoms with Gasteiger partial charge in [0, 0.05) is 30.4 Å². The van der Waals surface area contributed by atoms with E-state index in [0.29, 0.717) is 36.1 Å². The van der Waals surface area contributed by atoms with Crippen LogP contribution < -0.4 is 24.4 Å². The largest absolute Gasteiger partial charge is 0.493 e. The van der Waals surface area contributed by atoms with Crippen LogP contribution in [0.5, 0.6) is 17.2 Å². The van der Waals surface area contributed by atoms with Gasteiger partial charge in [-0.15, -0.1) is 0 Å². The average molecular weight is 401 g/mol. The number of carbonyl (C=O) groups excluding carboxylic acids is 1. The Morgan fingerprint density at radius 2 is 1.59 bits per heavy atom. The van der Waals surface area contributed by atoms with Gasteiger partial charge in [0.2, 0.25) is 11.7 Å². The number of hydrogen-bond acceptors (Lipinski definition) is 5. The van der Waals surface area contributed by atoms with Crippen molar-refractivity contribution in [2.24, 2.45) is 0 Å². The van der Waals surface area contributed by atoms with E-state index in [1.54, 1.807) is 21.3 Å². The van der Waals surface area contributed by atoms with Crippen molar-refractivity contribution in [3.63, 3.8) is 0 Å². The molecule has 2 rings (SSSR count). The van der Waals surface area contributed by atoms with Crippen LogP contribution in [0.1, 0.15) is 32.8 Å². The maximum absolute atomic E-state index is 12.4. The van der Waals surface area contributed by atoms with Gasteiger partial charge in [-0.1, -0.05) is 0 Å². The first-order valence-corrected chi connectivity index (χ1v) is 9.88. The highest BCUT2D eigenvalue weighted by Gasteiger charge is 2.14. The van der Waals surface area contributed by atoms with Crippen molar-refractivity contribution in [2.75, 3.05) is 38.1 Å². The molecule has 0 aromatic heterocycles. The molecule has 0 radical (unpaired) electrons. The number of rotatable bonds is 10. The highest BCUT2D eigenvalue weighted by Crippen LogP contribution is 2.38. The molecule has 0 heterocycles. The van der Waals surface area contributed by atoms with Crippen molar-refractivity contribution in [1.82, 2.24) is 0 Å². The zero-order chi connectivity index (χ0) is 21.4. The van der Waals surface area contributed by atoms with Gasteiger partial charge in [0.15, 0.2) is 11.5 Å². The summed E-state index contributed by atoms with van der Waals surface area (Å²) in [6.45, 7) is 7.42. The molecule has 0 aliphatic rings. The third-order valence-electron chi connectivity index (χ3n) is 4.81. The SMILES string of the molecule is CCN(c1ccc(NC(=O)CCc2cc(OC)c(OC)c(OC)c2)cc1)C(C)C. The molecule has 0 saturated heterocycles. The second-order valence-electron chi connectivity index (χ2n) is 7.01. The standard InChI is InChI=1S/C23H32N2O4/c1-7-25(16(2)3)19-11-9-18(10-12-19)24-22(26)13-8-17-14-20(27-4)23(29-6)21(15-17)28-5/h9-12,14-16H,7-8,13H2,1-6H3,(H,24,26). The monoisotopic (exact) mass is 400 g/mol. The van der Waals surface area contributed by atoms with E-state index < -0.39 is 0 Å². The zero-order valence-electron chi connectivity index (χ0n) is 18.2. The minimum atomic E-state index is -0.0392. The van der Waals surface area contributed by atoms with Gasteiger partial charge in [-0.25, -0.2) is 0 Å². The minimum absolute atomic E-state index is 0.0392. The summed E-state index contributed by atoms with van der Waals surface area (Å²) in [5.74, 6) is 1.68. The molecule has 29 heavy (non-hydrogen) atoms. The van der Waals surface area contributed by atoms with Gasteiger partial charge in [-0.3, -0.25) is 4.79 Å². The van der Waals surface area contributed by atoms with Gasteiger partial charge >= 0.3 is 0 Å². The summed E-state index contributed by atoms with van der Waals surface area (Å²) in [7, 11) is 4.73. The fourth-order valence-electron chi connectivity index (χ4n) is 3.34. The molecule has 0 unspecified atom stereocenters. The number of benzene rings is 2. The summed E-state index contributed by atoms with van der Waals surface area (Å²) < 4.78 is 16.1. The first-order chi connectivity index (χ1) is 13.9. The summed E-state index contributed by atoms with van der Waals surface area (Å²) in [5, 5.41) is 2.96. The van der Waals surface area contributed by atoms with E-state index in [4.69, 9.17) is 14.2 Å². The lowest BCUT2D eigenvalue weighted by atomic mass is 10.1. The fraction of sp³-hybridized carbons (Fsp3) is 0.435. The molecule has 0 fully saturated rings. The van der Waals surface area contributed by atoms with Gasteiger partial charge in [0.1, 0.15) is 0 Å². The summed E-state index contributed by atoms with van der Waals surface area (Å²) in [5.41, 5.74) is 2.89. The van der Waals surface area contributed by atoms with Crippen LogP contribution in [0, 0.1) is 0 Å². The van der Waals surface area contributed by atoms with Crippen LogP contribution in [0.2, 0.25) is 0 Å². The topological polar surface area (TPSA) is 60.0 Å². The van der Waals surface area contributed by atoms with E-state index in [9.17, 15) is 4.79 Å². The third kappa shape index (κ3) is 5.79. The molecule has 0 bridgehead atoms. The molecule has 0 aliphatic heterocycles. The van der Waals surface area contributed by atoms with E-state index in [1.165, 1.54) is 0 Å². The van der Waals surface area contributed by atoms with E-state index in [1.807, 2.05) is 36.4 Å². The number of nitrogens with zero attached hydrogens (tertiary/aromatic N) is 1. The smallest absolute Gasteiger partial charge is 0.224 e. The Hall–Kier alpha value is -2.89. The minimum Gasteiger partial charge on any atom is -0.493 e. The van der Waals surface area contributed by atoms with Crippen molar-refractivity contribution in [3.05, 3.63) is 42.0 Å². The molecule has 2 aromatic carbocycles. The maximum Gasteiger partial charge on any atom is 0.224 e. The van der Waals surface area contributed by atoms with Gasteiger partial charge in [0.25, 0.3) is 0 Å². The quantitative estimate of drug-likeness (QED) is 0.635. The summed E-state index contributed by atoms with van der Waals surface area (Å²) in [6, 6.07) is 12.1. The number of anilines is 2. The first-order valence-electron chi connectivity index (χ1n) is 9.88. The number of methoxy groups -OCH3 is 3. The van der Waals surface area contributed by atoms with Crippen LogP contribution in [0.15, 0.2) is 36.4 Å². The molecule has 6 nitrogen and oxygen atoms in total. The number of nitrogens with one attached hydrogen (secondary N) is 1. The molecule has 6 heteroatoms. The number of ether oxygens (including phenoxy) is 3. The van der Waals surface area contributed by atoms with Gasteiger partial charge in [0.05, 0.1) is 21.3 Å². The molecule has 0 spiro atoms. The van der Waals surface area contributed by atoms with Gasteiger partial charge in [-0.05, 0) is 69.2 Å². The van der Waals surface area contributed by atoms with Crippen LogP contribution in [-0.4, -0.2) is 39.8 Å². The predicted octanol–water partition coefficient (Wildman–Crippen LogP) is 4.52. The molecule has 0 saturated carbocycles. The highest BCUT2D eigenvalue weighted by atomic mass is 16.5. The van der Waals surface area contributed by atoms with Gasteiger partial charge in [-0.2, -0.15) is 0 Å². The first kappa shape index (κ1) is 22.4. The van der Waals surface area contributed by atoms with Crippen molar-refractivity contribution >= 4 is 17.3 Å². The van der Waals surface area contributed by atoms with E-state index in [2.05, 4.69) is 31.0 Å². The van der Waals surface area contributed by atoms with Crippen molar-refractivity contribution in [2.45, 2.75) is 39.7 Å².